The van der Waals surface area contributed by atoms with E-state index >= 15 is 0 Å². The molecule has 0 aromatic rings. The number of nitrogens with zero attached hydrogens (tertiary/aromatic N) is 1. The van der Waals surface area contributed by atoms with Crippen LogP contribution >= 0.6 is 0 Å². The molecular weight excluding hydrogens is 354 g/mol. The van der Waals surface area contributed by atoms with E-state index in [1.165, 1.54) is 0 Å². The van der Waals surface area contributed by atoms with Gasteiger partial charge in [0.2, 0.25) is 10.0 Å². The summed E-state index contributed by atoms with van der Waals surface area (Å²) in [4.78, 5) is 10.5. The summed E-state index contributed by atoms with van der Waals surface area (Å²) in [5, 5.41) is 18.6. The van der Waals surface area contributed by atoms with Gasteiger partial charge in [-0.05, 0) is 38.5 Å². The zero-order valence-electron chi connectivity index (χ0n) is 16.7. The van der Waals surface area contributed by atoms with E-state index in [4.69, 9.17) is 5.11 Å². The fourth-order valence-electron chi connectivity index (χ4n) is 2.97. The summed E-state index contributed by atoms with van der Waals surface area (Å²) in [5.74, 6) is -0.625. The van der Waals surface area contributed by atoms with Crippen LogP contribution in [0.4, 0.5) is 0 Å². The number of aliphatic carboxylic acids is 1. The summed E-state index contributed by atoms with van der Waals surface area (Å²) in [6.07, 6.45) is 8.84. The fourth-order valence-corrected chi connectivity index (χ4v) is 4.56. The Labute approximate surface area is 160 Å². The van der Waals surface area contributed by atoms with Gasteiger partial charge < -0.3 is 10.2 Å². The van der Waals surface area contributed by atoms with Gasteiger partial charge in [-0.1, -0.05) is 46.0 Å². The van der Waals surface area contributed by atoms with Crippen molar-refractivity contribution in [1.82, 2.24) is 4.31 Å². The minimum atomic E-state index is -3.24. The Morgan fingerprint density at radius 1 is 0.885 bits per heavy atom. The fraction of sp³-hybridized carbons (Fsp3) is 0.947. The lowest BCUT2D eigenvalue weighted by atomic mass is 10.1. The highest BCUT2D eigenvalue weighted by atomic mass is 32.2. The number of hydrogen-bond donors (Lipinski definition) is 2. The van der Waals surface area contributed by atoms with E-state index in [1.807, 2.05) is 6.92 Å². The lowest BCUT2D eigenvalue weighted by Crippen LogP contribution is -2.35. The number of aliphatic hydroxyl groups excluding tert-OH is 1. The molecule has 0 aliphatic heterocycles. The lowest BCUT2D eigenvalue weighted by Gasteiger charge is -2.22. The van der Waals surface area contributed by atoms with Crippen LogP contribution < -0.4 is 0 Å². The van der Waals surface area contributed by atoms with Gasteiger partial charge in [-0.15, -0.1) is 0 Å². The summed E-state index contributed by atoms with van der Waals surface area (Å²) in [5.41, 5.74) is 0. The molecule has 0 saturated heterocycles. The number of unbranched alkanes of at least 4 members (excludes halogenated alkanes) is 5. The van der Waals surface area contributed by atoms with Crippen molar-refractivity contribution in [2.24, 2.45) is 0 Å². The molecule has 0 saturated carbocycles. The average molecular weight is 394 g/mol. The normalized spacial score (nSPS) is 13.2. The molecule has 26 heavy (non-hydrogen) atoms. The molecule has 0 amide bonds. The third-order valence-corrected chi connectivity index (χ3v) is 6.57. The van der Waals surface area contributed by atoms with Crippen molar-refractivity contribution >= 4 is 16.0 Å². The Balaban J connectivity index is 4.25. The number of aliphatic hydroxyl groups is 1. The number of carboxylic acids is 1. The van der Waals surface area contributed by atoms with E-state index in [0.717, 1.165) is 44.9 Å². The SMILES string of the molecule is CCCCCC(O)CCCN(CCCCCCC(=O)O)S(=O)(=O)CCC. The van der Waals surface area contributed by atoms with Gasteiger partial charge in [0.05, 0.1) is 11.9 Å². The Bertz CT molecular complexity index is 453. The molecule has 0 aliphatic rings. The van der Waals surface area contributed by atoms with Gasteiger partial charge in [-0.3, -0.25) is 4.79 Å². The van der Waals surface area contributed by atoms with Crippen molar-refractivity contribution in [3.63, 3.8) is 0 Å². The molecule has 156 valence electrons. The molecule has 0 rings (SSSR count). The highest BCUT2D eigenvalue weighted by Crippen LogP contribution is 2.13. The molecule has 1 atom stereocenters. The smallest absolute Gasteiger partial charge is 0.303 e. The monoisotopic (exact) mass is 393 g/mol. The molecule has 1 unspecified atom stereocenters. The zero-order valence-corrected chi connectivity index (χ0v) is 17.5. The molecule has 0 aromatic heterocycles. The largest absolute Gasteiger partial charge is 0.481 e. The molecule has 0 spiro atoms. The maximum absolute atomic E-state index is 12.4. The summed E-state index contributed by atoms with van der Waals surface area (Å²) < 4.78 is 26.4. The van der Waals surface area contributed by atoms with Crippen molar-refractivity contribution < 1.29 is 23.4 Å². The molecule has 0 aromatic carbocycles. The van der Waals surface area contributed by atoms with Gasteiger partial charge in [-0.25, -0.2) is 12.7 Å². The van der Waals surface area contributed by atoms with Gasteiger partial charge in [0.15, 0.2) is 0 Å². The maximum Gasteiger partial charge on any atom is 0.303 e. The van der Waals surface area contributed by atoms with E-state index in [1.54, 1.807) is 4.31 Å². The first-order chi connectivity index (χ1) is 12.3. The summed E-state index contributed by atoms with van der Waals surface area (Å²) in [6, 6.07) is 0. The van der Waals surface area contributed by atoms with Gasteiger partial charge in [-0.2, -0.15) is 0 Å². The van der Waals surface area contributed by atoms with Crippen LogP contribution in [0.25, 0.3) is 0 Å². The van der Waals surface area contributed by atoms with Gasteiger partial charge in [0.25, 0.3) is 0 Å². The van der Waals surface area contributed by atoms with Crippen molar-refractivity contribution in [2.45, 2.75) is 97.0 Å². The van der Waals surface area contributed by atoms with E-state index in [9.17, 15) is 18.3 Å². The first-order valence-electron chi connectivity index (χ1n) is 10.2. The van der Waals surface area contributed by atoms with E-state index < -0.39 is 16.0 Å². The maximum atomic E-state index is 12.4. The summed E-state index contributed by atoms with van der Waals surface area (Å²) >= 11 is 0. The highest BCUT2D eigenvalue weighted by Gasteiger charge is 2.20. The van der Waals surface area contributed by atoms with Crippen LogP contribution in [0.2, 0.25) is 0 Å². The molecule has 2 N–H and O–H groups in total. The zero-order chi connectivity index (χ0) is 19.8. The quantitative estimate of drug-likeness (QED) is 0.346. The molecule has 6 nitrogen and oxygen atoms in total. The predicted molar refractivity (Wildman–Crippen MR) is 106 cm³/mol. The Kier molecular flexibility index (Phi) is 15.0. The minimum absolute atomic E-state index is 0.158. The number of hydrogen-bond acceptors (Lipinski definition) is 4. The third-order valence-electron chi connectivity index (χ3n) is 4.49. The molecular formula is C19H39NO5S. The molecule has 0 aliphatic carbocycles. The van der Waals surface area contributed by atoms with Crippen molar-refractivity contribution in [2.75, 3.05) is 18.8 Å². The number of carboxylic acid groups (broad SMARTS) is 1. The number of rotatable bonds is 18. The van der Waals surface area contributed by atoms with Crippen molar-refractivity contribution in [3.8, 4) is 0 Å². The summed E-state index contributed by atoms with van der Waals surface area (Å²) in [7, 11) is -3.24. The predicted octanol–water partition coefficient (Wildman–Crippen LogP) is 3.78. The minimum Gasteiger partial charge on any atom is -0.481 e. The van der Waals surface area contributed by atoms with E-state index in [-0.39, 0.29) is 18.3 Å². The van der Waals surface area contributed by atoms with Gasteiger partial charge in [0.1, 0.15) is 0 Å². The van der Waals surface area contributed by atoms with Crippen LogP contribution in [0, 0.1) is 0 Å². The number of sulfonamides is 1. The van der Waals surface area contributed by atoms with Crippen LogP contribution in [0.3, 0.4) is 0 Å². The lowest BCUT2D eigenvalue weighted by molar-refractivity contribution is -0.137. The summed E-state index contributed by atoms with van der Waals surface area (Å²) in [6.45, 7) is 4.94. The van der Waals surface area contributed by atoms with Crippen LogP contribution in [-0.2, 0) is 14.8 Å². The second-order valence-electron chi connectivity index (χ2n) is 7.06. The Morgan fingerprint density at radius 3 is 2.12 bits per heavy atom. The Morgan fingerprint density at radius 2 is 1.50 bits per heavy atom. The second-order valence-corrected chi connectivity index (χ2v) is 9.15. The second kappa shape index (κ2) is 15.4. The molecule has 7 heteroatoms. The molecule has 0 bridgehead atoms. The van der Waals surface area contributed by atoms with Crippen LogP contribution in [-0.4, -0.2) is 53.9 Å². The van der Waals surface area contributed by atoms with E-state index in [2.05, 4.69) is 6.92 Å². The first-order valence-corrected chi connectivity index (χ1v) is 11.8. The standard InChI is InChI=1S/C19H39NO5S/c1-3-5-8-12-18(21)13-11-16-20(26(24,25)17-4-2)15-10-7-6-9-14-19(22)23/h18,21H,3-17H2,1-2H3,(H,22,23). The van der Waals surface area contributed by atoms with Crippen LogP contribution in [0.15, 0.2) is 0 Å². The molecule has 0 heterocycles. The van der Waals surface area contributed by atoms with E-state index in [0.29, 0.717) is 38.8 Å². The van der Waals surface area contributed by atoms with Crippen LogP contribution in [0.1, 0.15) is 90.9 Å². The highest BCUT2D eigenvalue weighted by molar-refractivity contribution is 7.89. The van der Waals surface area contributed by atoms with Crippen molar-refractivity contribution in [3.05, 3.63) is 0 Å². The number of carbonyl (C=O) groups is 1. The van der Waals surface area contributed by atoms with Gasteiger partial charge in [0, 0.05) is 19.5 Å². The average Bonchev–Trinajstić information content (AvgIpc) is 2.56. The first kappa shape index (κ1) is 25.3. The topological polar surface area (TPSA) is 94.9 Å². The van der Waals surface area contributed by atoms with Crippen molar-refractivity contribution in [1.29, 1.82) is 0 Å². The van der Waals surface area contributed by atoms with Gasteiger partial charge >= 0.3 is 5.97 Å². The third kappa shape index (κ3) is 13.5. The Hall–Kier alpha value is -0.660. The molecule has 0 fully saturated rings. The van der Waals surface area contributed by atoms with Crippen LogP contribution in [0.5, 0.6) is 0 Å². The molecule has 0 radical (unpaired) electrons.